The van der Waals surface area contributed by atoms with Gasteiger partial charge in [-0.15, -0.1) is 0 Å². The minimum atomic E-state index is -1.09. The lowest BCUT2D eigenvalue weighted by atomic mass is 10.2. The minimum Gasteiger partial charge on any atom is -0.478 e. The lowest BCUT2D eigenvalue weighted by Gasteiger charge is -2.14. The van der Waals surface area contributed by atoms with Gasteiger partial charge >= 0.3 is 12.0 Å². The van der Waals surface area contributed by atoms with Crippen molar-refractivity contribution in [1.82, 2.24) is 5.32 Å². The van der Waals surface area contributed by atoms with Gasteiger partial charge in [0.2, 0.25) is 0 Å². The highest BCUT2D eigenvalue weighted by Crippen LogP contribution is 2.32. The summed E-state index contributed by atoms with van der Waals surface area (Å²) >= 11 is 5.81. The number of hydrogen-bond acceptors (Lipinski definition) is 2. The average molecular weight is 283 g/mol. The van der Waals surface area contributed by atoms with Crippen LogP contribution in [0.2, 0.25) is 5.02 Å². The van der Waals surface area contributed by atoms with Crippen molar-refractivity contribution >= 4 is 29.3 Å². The van der Waals surface area contributed by atoms with Gasteiger partial charge in [-0.25, -0.2) is 9.59 Å². The number of rotatable bonds is 4. The zero-order valence-electron chi connectivity index (χ0n) is 10.4. The van der Waals surface area contributed by atoms with E-state index < -0.39 is 5.97 Å². The highest BCUT2D eigenvalue weighted by Gasteiger charge is 2.28. The summed E-state index contributed by atoms with van der Waals surface area (Å²) in [6.45, 7) is 1.96. The number of benzene rings is 1. The first-order chi connectivity index (χ1) is 8.95. The highest BCUT2D eigenvalue weighted by atomic mass is 35.5. The molecule has 102 valence electrons. The molecule has 6 heteroatoms. The molecule has 0 radical (unpaired) electrons. The average Bonchev–Trinajstić information content (AvgIpc) is 3.11. The molecule has 0 aromatic heterocycles. The van der Waals surface area contributed by atoms with E-state index in [0.717, 1.165) is 12.8 Å². The van der Waals surface area contributed by atoms with E-state index in [2.05, 4.69) is 10.6 Å². The third-order valence-electron chi connectivity index (χ3n) is 3.09. The zero-order chi connectivity index (χ0) is 14.0. The second kappa shape index (κ2) is 5.48. The van der Waals surface area contributed by atoms with Crippen molar-refractivity contribution in [1.29, 1.82) is 0 Å². The fourth-order valence-corrected chi connectivity index (χ4v) is 2.11. The Morgan fingerprint density at radius 3 is 2.63 bits per heavy atom. The van der Waals surface area contributed by atoms with E-state index in [1.165, 1.54) is 18.2 Å². The smallest absolute Gasteiger partial charge is 0.335 e. The Kier molecular flexibility index (Phi) is 3.95. The van der Waals surface area contributed by atoms with Crippen LogP contribution in [0.5, 0.6) is 0 Å². The third-order valence-corrected chi connectivity index (χ3v) is 3.31. The second-order valence-electron chi connectivity index (χ2n) is 4.76. The standard InChI is InChI=1S/C13H15ClN2O3/c1-7(8-2-3-8)15-13(19)16-11-5-9(12(17)18)4-10(14)6-11/h4-8H,2-3H2,1H3,(H,17,18)(H2,15,16,19). The van der Waals surface area contributed by atoms with Crippen molar-refractivity contribution in [2.24, 2.45) is 5.92 Å². The topological polar surface area (TPSA) is 78.4 Å². The molecule has 1 unspecified atom stereocenters. The van der Waals surface area contributed by atoms with Gasteiger partial charge in [-0.3, -0.25) is 0 Å². The van der Waals surface area contributed by atoms with Crippen LogP contribution in [-0.2, 0) is 0 Å². The maximum Gasteiger partial charge on any atom is 0.335 e. The number of carbonyl (C=O) groups is 2. The molecule has 1 atom stereocenters. The van der Waals surface area contributed by atoms with Crippen LogP contribution in [0.15, 0.2) is 18.2 Å². The number of urea groups is 1. The Hall–Kier alpha value is -1.75. The molecule has 1 aliphatic carbocycles. The molecule has 1 aliphatic rings. The molecule has 0 bridgehead atoms. The van der Waals surface area contributed by atoms with E-state index in [-0.39, 0.29) is 22.7 Å². The Labute approximate surface area is 116 Å². The van der Waals surface area contributed by atoms with E-state index in [4.69, 9.17) is 16.7 Å². The van der Waals surface area contributed by atoms with Crippen LogP contribution in [0.3, 0.4) is 0 Å². The maximum atomic E-state index is 11.7. The van der Waals surface area contributed by atoms with Crippen LogP contribution in [0, 0.1) is 5.92 Å². The number of anilines is 1. The lowest BCUT2D eigenvalue weighted by Crippen LogP contribution is -2.37. The number of halogens is 1. The Bertz CT molecular complexity index is 515. The van der Waals surface area contributed by atoms with Crippen molar-refractivity contribution in [2.75, 3.05) is 5.32 Å². The van der Waals surface area contributed by atoms with E-state index >= 15 is 0 Å². The van der Waals surface area contributed by atoms with Crippen molar-refractivity contribution < 1.29 is 14.7 Å². The summed E-state index contributed by atoms with van der Waals surface area (Å²) in [7, 11) is 0. The van der Waals surface area contributed by atoms with Gasteiger partial charge in [-0.05, 0) is 43.9 Å². The fraction of sp³-hybridized carbons (Fsp3) is 0.385. The SMILES string of the molecule is CC(NC(=O)Nc1cc(Cl)cc(C(=O)O)c1)C1CC1. The molecule has 3 N–H and O–H groups in total. The predicted octanol–water partition coefficient (Wildman–Crippen LogP) is 2.96. The van der Waals surface area contributed by atoms with Crippen molar-refractivity contribution in [3.8, 4) is 0 Å². The summed E-state index contributed by atoms with van der Waals surface area (Å²) in [5.41, 5.74) is 0.406. The monoisotopic (exact) mass is 282 g/mol. The Balaban J connectivity index is 2.01. The predicted molar refractivity (Wildman–Crippen MR) is 72.8 cm³/mol. The second-order valence-corrected chi connectivity index (χ2v) is 5.19. The van der Waals surface area contributed by atoms with Crippen LogP contribution >= 0.6 is 11.6 Å². The molecular weight excluding hydrogens is 268 g/mol. The number of aromatic carboxylic acids is 1. The van der Waals surface area contributed by atoms with Crippen molar-refractivity contribution in [3.05, 3.63) is 28.8 Å². The van der Waals surface area contributed by atoms with Crippen LogP contribution in [0.25, 0.3) is 0 Å². The number of carboxylic acids is 1. The zero-order valence-corrected chi connectivity index (χ0v) is 11.2. The quantitative estimate of drug-likeness (QED) is 0.794. The highest BCUT2D eigenvalue weighted by molar-refractivity contribution is 6.31. The fourth-order valence-electron chi connectivity index (χ4n) is 1.87. The van der Waals surface area contributed by atoms with Gasteiger partial charge in [0, 0.05) is 16.8 Å². The molecule has 1 saturated carbocycles. The van der Waals surface area contributed by atoms with Gasteiger partial charge in [-0.1, -0.05) is 11.6 Å². The van der Waals surface area contributed by atoms with Crippen LogP contribution in [-0.4, -0.2) is 23.1 Å². The number of amides is 2. The van der Waals surface area contributed by atoms with E-state index in [1.807, 2.05) is 6.92 Å². The van der Waals surface area contributed by atoms with Crippen LogP contribution in [0.4, 0.5) is 10.5 Å². The van der Waals surface area contributed by atoms with E-state index in [9.17, 15) is 9.59 Å². The number of carbonyl (C=O) groups excluding carboxylic acids is 1. The molecule has 5 nitrogen and oxygen atoms in total. The maximum absolute atomic E-state index is 11.7. The molecule has 0 heterocycles. The van der Waals surface area contributed by atoms with Crippen LogP contribution < -0.4 is 10.6 Å². The first-order valence-corrected chi connectivity index (χ1v) is 6.45. The minimum absolute atomic E-state index is 0.0399. The molecule has 1 aromatic carbocycles. The number of hydrogen-bond donors (Lipinski definition) is 3. The van der Waals surface area contributed by atoms with E-state index in [0.29, 0.717) is 11.6 Å². The first-order valence-electron chi connectivity index (χ1n) is 6.07. The normalized spacial score (nSPS) is 15.7. The molecule has 0 spiro atoms. The van der Waals surface area contributed by atoms with Gasteiger partial charge < -0.3 is 15.7 Å². The van der Waals surface area contributed by atoms with E-state index in [1.54, 1.807) is 0 Å². The molecule has 2 amide bonds. The van der Waals surface area contributed by atoms with Gasteiger partial charge in [0.05, 0.1) is 5.56 Å². The van der Waals surface area contributed by atoms with Crippen molar-refractivity contribution in [2.45, 2.75) is 25.8 Å². The first kappa shape index (κ1) is 13.7. The molecule has 1 fully saturated rings. The molecule has 1 aromatic rings. The summed E-state index contributed by atoms with van der Waals surface area (Å²) < 4.78 is 0. The van der Waals surface area contributed by atoms with Gasteiger partial charge in [0.1, 0.15) is 0 Å². The molecule has 19 heavy (non-hydrogen) atoms. The van der Waals surface area contributed by atoms with Crippen molar-refractivity contribution in [3.63, 3.8) is 0 Å². The summed E-state index contributed by atoms with van der Waals surface area (Å²) in [5.74, 6) is -0.531. The summed E-state index contributed by atoms with van der Waals surface area (Å²) in [4.78, 5) is 22.6. The molecule has 0 saturated heterocycles. The molecule has 0 aliphatic heterocycles. The Morgan fingerprint density at radius 2 is 2.05 bits per heavy atom. The summed E-state index contributed by atoms with van der Waals surface area (Å²) in [6.07, 6.45) is 2.28. The van der Waals surface area contributed by atoms with Gasteiger partial charge in [0.25, 0.3) is 0 Å². The van der Waals surface area contributed by atoms with Crippen LogP contribution in [0.1, 0.15) is 30.1 Å². The Morgan fingerprint density at radius 1 is 1.37 bits per heavy atom. The third kappa shape index (κ3) is 3.86. The number of nitrogens with one attached hydrogen (secondary N) is 2. The number of carboxylic acid groups (broad SMARTS) is 1. The summed E-state index contributed by atoms with van der Waals surface area (Å²) in [6, 6.07) is 3.99. The van der Waals surface area contributed by atoms with Gasteiger partial charge in [-0.2, -0.15) is 0 Å². The lowest BCUT2D eigenvalue weighted by molar-refractivity contribution is 0.0697. The molecule has 2 rings (SSSR count). The molecular formula is C13H15ClN2O3. The largest absolute Gasteiger partial charge is 0.478 e. The summed E-state index contributed by atoms with van der Waals surface area (Å²) in [5, 5.41) is 14.6. The van der Waals surface area contributed by atoms with Gasteiger partial charge in [0.15, 0.2) is 0 Å².